The van der Waals surface area contributed by atoms with Gasteiger partial charge in [-0.05, 0) is 44.4 Å². The average Bonchev–Trinajstić information content (AvgIpc) is 3.09. The molecule has 4 rings (SSSR count). The van der Waals surface area contributed by atoms with Gasteiger partial charge in [0.2, 0.25) is 5.95 Å². The van der Waals surface area contributed by atoms with Crippen LogP contribution in [0.25, 0.3) is 10.9 Å². The van der Waals surface area contributed by atoms with Gasteiger partial charge in [-0.25, -0.2) is 4.98 Å². The maximum atomic E-state index is 12.7. The number of hydrogen-bond donors (Lipinski definition) is 3. The van der Waals surface area contributed by atoms with Crippen LogP contribution in [0.4, 0.5) is 11.8 Å². The van der Waals surface area contributed by atoms with Crippen LogP contribution in [0.2, 0.25) is 0 Å². The highest BCUT2D eigenvalue weighted by Gasteiger charge is 2.31. The van der Waals surface area contributed by atoms with E-state index in [-0.39, 0.29) is 23.2 Å². The highest BCUT2D eigenvalue weighted by atomic mass is 32.2. The standard InChI is InChI=1S/C25H36N6O4S/c1-5-7-18-8-17(9-19-11-28-25(27)29-23(19)26)10-21-22(18)20(24(31(21)6-2)36(32,33)34)14-30-12-15(3)35-16(4)13-30/h8,10-11,15-16H,5-7,9,12-14H2,1-4H3,(H,32,33,34)(H4,26,27,28,29). The lowest BCUT2D eigenvalue weighted by atomic mass is 9.96. The molecule has 1 aliphatic rings. The molecule has 2 atom stereocenters. The normalized spacial score (nSPS) is 19.2. The second-order valence-corrected chi connectivity index (χ2v) is 11.0. The van der Waals surface area contributed by atoms with E-state index in [1.165, 1.54) is 0 Å². The number of benzene rings is 1. The molecule has 0 spiro atoms. The summed E-state index contributed by atoms with van der Waals surface area (Å²) in [6.45, 7) is 10.2. The minimum Gasteiger partial charge on any atom is -0.383 e. The molecule has 2 aromatic heterocycles. The molecule has 0 radical (unpaired) electrons. The largest absolute Gasteiger partial charge is 0.383 e. The smallest absolute Gasteiger partial charge is 0.310 e. The van der Waals surface area contributed by atoms with Gasteiger partial charge in [-0.3, -0.25) is 9.45 Å². The Labute approximate surface area is 212 Å². The van der Waals surface area contributed by atoms with E-state index in [0.717, 1.165) is 40.4 Å². The molecular formula is C25H36N6O4S. The lowest BCUT2D eigenvalue weighted by molar-refractivity contribution is -0.0706. The summed E-state index contributed by atoms with van der Waals surface area (Å²) in [6.07, 6.45) is 3.82. The maximum absolute atomic E-state index is 12.7. The molecule has 1 fully saturated rings. The van der Waals surface area contributed by atoms with Crippen LogP contribution in [0, 0.1) is 0 Å². The minimum absolute atomic E-state index is 0.0309. The monoisotopic (exact) mass is 516 g/mol. The molecular weight excluding hydrogens is 480 g/mol. The number of nitrogen functional groups attached to an aromatic ring is 2. The zero-order valence-corrected chi connectivity index (χ0v) is 22.2. The van der Waals surface area contributed by atoms with E-state index < -0.39 is 10.1 Å². The second kappa shape index (κ2) is 10.3. The predicted octanol–water partition coefficient (Wildman–Crippen LogP) is 3.01. The first kappa shape index (κ1) is 26.3. The number of ether oxygens (including phenoxy) is 1. The van der Waals surface area contributed by atoms with Crippen molar-refractivity contribution in [2.24, 2.45) is 0 Å². The van der Waals surface area contributed by atoms with Crippen LogP contribution in [0.5, 0.6) is 0 Å². The third kappa shape index (κ3) is 5.34. The molecule has 0 bridgehead atoms. The molecule has 0 amide bonds. The van der Waals surface area contributed by atoms with Crippen LogP contribution in [-0.4, -0.2) is 57.7 Å². The van der Waals surface area contributed by atoms with Gasteiger partial charge in [0, 0.05) is 60.8 Å². The number of aromatic nitrogens is 3. The Morgan fingerprint density at radius 1 is 1.14 bits per heavy atom. The quantitative estimate of drug-likeness (QED) is 0.384. The van der Waals surface area contributed by atoms with Crippen molar-refractivity contribution < 1.29 is 17.7 Å². The van der Waals surface area contributed by atoms with Crippen molar-refractivity contribution >= 4 is 32.8 Å². The zero-order valence-electron chi connectivity index (χ0n) is 21.4. The molecule has 10 nitrogen and oxygen atoms in total. The number of morpholine rings is 1. The average molecular weight is 517 g/mol. The van der Waals surface area contributed by atoms with E-state index in [2.05, 4.69) is 27.9 Å². The van der Waals surface area contributed by atoms with Gasteiger partial charge in [0.15, 0.2) is 5.03 Å². The Kier molecular flexibility index (Phi) is 7.56. The fourth-order valence-electron chi connectivity index (χ4n) is 5.44. The van der Waals surface area contributed by atoms with E-state index >= 15 is 0 Å². The van der Waals surface area contributed by atoms with Crippen molar-refractivity contribution in [3.8, 4) is 0 Å². The van der Waals surface area contributed by atoms with Crippen LogP contribution in [0.3, 0.4) is 0 Å². The van der Waals surface area contributed by atoms with E-state index in [1.807, 2.05) is 26.8 Å². The van der Waals surface area contributed by atoms with Crippen molar-refractivity contribution in [2.45, 2.75) is 77.3 Å². The lowest BCUT2D eigenvalue weighted by Gasteiger charge is -2.35. The number of nitrogens with zero attached hydrogens (tertiary/aromatic N) is 4. The number of rotatable bonds is 8. The molecule has 0 saturated carbocycles. The summed E-state index contributed by atoms with van der Waals surface area (Å²) in [5, 5.41) is 0.861. The van der Waals surface area contributed by atoms with Gasteiger partial charge >= 0.3 is 10.1 Å². The predicted molar refractivity (Wildman–Crippen MR) is 140 cm³/mol. The van der Waals surface area contributed by atoms with Gasteiger partial charge in [-0.2, -0.15) is 13.4 Å². The number of aryl methyl sites for hydroxylation is 2. The van der Waals surface area contributed by atoms with Crippen molar-refractivity contribution in [1.29, 1.82) is 0 Å². The van der Waals surface area contributed by atoms with Gasteiger partial charge in [0.25, 0.3) is 0 Å². The molecule has 1 aromatic carbocycles. The van der Waals surface area contributed by atoms with E-state index in [9.17, 15) is 13.0 Å². The van der Waals surface area contributed by atoms with Crippen LogP contribution in [0.15, 0.2) is 23.4 Å². The van der Waals surface area contributed by atoms with E-state index in [1.54, 1.807) is 10.8 Å². The molecule has 196 valence electrons. The minimum atomic E-state index is -4.48. The Morgan fingerprint density at radius 3 is 2.42 bits per heavy atom. The Balaban J connectivity index is 1.91. The van der Waals surface area contributed by atoms with Crippen molar-refractivity contribution in [1.82, 2.24) is 19.4 Å². The summed E-state index contributed by atoms with van der Waals surface area (Å²) in [5.74, 6) is 0.438. The maximum Gasteiger partial charge on any atom is 0.310 e. The van der Waals surface area contributed by atoms with Crippen molar-refractivity contribution in [2.75, 3.05) is 24.6 Å². The van der Waals surface area contributed by atoms with Crippen LogP contribution >= 0.6 is 0 Å². The van der Waals surface area contributed by atoms with Crippen molar-refractivity contribution in [3.63, 3.8) is 0 Å². The topological polar surface area (TPSA) is 150 Å². The van der Waals surface area contributed by atoms with Crippen LogP contribution in [0.1, 0.15) is 56.4 Å². The number of hydrogen-bond acceptors (Lipinski definition) is 8. The first-order chi connectivity index (χ1) is 17.0. The number of nitrogens with two attached hydrogens (primary N) is 2. The molecule has 5 N–H and O–H groups in total. The summed E-state index contributed by atoms with van der Waals surface area (Å²) >= 11 is 0. The summed E-state index contributed by atoms with van der Waals surface area (Å²) in [4.78, 5) is 10.3. The highest BCUT2D eigenvalue weighted by molar-refractivity contribution is 7.85. The van der Waals surface area contributed by atoms with Gasteiger partial charge in [-0.15, -0.1) is 0 Å². The molecule has 3 aromatic rings. The first-order valence-electron chi connectivity index (χ1n) is 12.4. The summed E-state index contributed by atoms with van der Waals surface area (Å²) < 4.78 is 43.4. The van der Waals surface area contributed by atoms with E-state index in [4.69, 9.17) is 16.2 Å². The SMILES string of the molecule is CCCc1cc(Cc2cnc(N)nc2N)cc2c1c(CN1CC(C)OC(C)C1)c(S(=O)(=O)O)n2CC. The second-order valence-electron chi connectivity index (χ2n) is 9.67. The Hall–Kier alpha value is -2.73. The van der Waals surface area contributed by atoms with Gasteiger partial charge in [-0.1, -0.05) is 19.4 Å². The highest BCUT2D eigenvalue weighted by Crippen LogP contribution is 2.36. The molecule has 1 saturated heterocycles. The Morgan fingerprint density at radius 2 is 1.83 bits per heavy atom. The Bertz CT molecular complexity index is 1360. The fourth-order valence-corrected chi connectivity index (χ4v) is 6.43. The lowest BCUT2D eigenvalue weighted by Crippen LogP contribution is -2.45. The molecule has 1 aliphatic heterocycles. The fraction of sp³-hybridized carbons (Fsp3) is 0.520. The number of fused-ring (bicyclic) bond motifs is 1. The summed E-state index contributed by atoms with van der Waals surface area (Å²) in [7, 11) is -4.48. The molecule has 0 aliphatic carbocycles. The van der Waals surface area contributed by atoms with Gasteiger partial charge in [0.1, 0.15) is 5.82 Å². The molecule has 11 heteroatoms. The summed E-state index contributed by atoms with van der Waals surface area (Å²) in [6, 6.07) is 4.08. The molecule has 36 heavy (non-hydrogen) atoms. The molecule has 3 heterocycles. The van der Waals surface area contributed by atoms with Gasteiger partial charge < -0.3 is 20.8 Å². The zero-order chi connectivity index (χ0) is 26.2. The number of anilines is 2. The summed E-state index contributed by atoms with van der Waals surface area (Å²) in [5.41, 5.74) is 15.9. The van der Waals surface area contributed by atoms with E-state index in [0.29, 0.717) is 44.0 Å². The van der Waals surface area contributed by atoms with Crippen LogP contribution < -0.4 is 11.5 Å². The third-order valence-electron chi connectivity index (χ3n) is 6.62. The first-order valence-corrected chi connectivity index (χ1v) is 13.8. The van der Waals surface area contributed by atoms with Crippen molar-refractivity contribution in [3.05, 3.63) is 40.6 Å². The molecule has 2 unspecified atom stereocenters. The van der Waals surface area contributed by atoms with Crippen LogP contribution in [-0.2, 0) is 40.8 Å². The van der Waals surface area contributed by atoms with Gasteiger partial charge in [0.05, 0.1) is 12.2 Å². The third-order valence-corrected chi connectivity index (χ3v) is 7.58.